The largest absolute Gasteiger partial charge is 0.493 e. The molecule has 0 unspecified atom stereocenters. The fourth-order valence-corrected chi connectivity index (χ4v) is 3.41. The lowest BCUT2D eigenvalue weighted by Crippen LogP contribution is -2.36. The second-order valence-corrected chi connectivity index (χ2v) is 7.71. The lowest BCUT2D eigenvalue weighted by molar-refractivity contribution is 0.296. The normalized spacial score (nSPS) is 14.1. The molecule has 1 aromatic carbocycles. The number of thiophene rings is 1. The van der Waals surface area contributed by atoms with Crippen molar-refractivity contribution in [3.05, 3.63) is 59.3 Å². The first-order chi connectivity index (χ1) is 13.8. The first kappa shape index (κ1) is 18.6. The minimum Gasteiger partial charge on any atom is -0.493 e. The maximum Gasteiger partial charge on any atom is 0.236 e. The molecule has 2 aromatic heterocycles. The van der Waals surface area contributed by atoms with Gasteiger partial charge >= 0.3 is 0 Å². The maximum absolute atomic E-state index is 5.97. The fourth-order valence-electron chi connectivity index (χ4n) is 2.76. The second kappa shape index (κ2) is 8.93. The number of hydrogen-bond donors (Lipinski definition) is 2. The van der Waals surface area contributed by atoms with Crippen molar-refractivity contribution < 1.29 is 9.15 Å². The Balaban J connectivity index is 1.29. The van der Waals surface area contributed by atoms with E-state index < -0.39 is 0 Å². The molecule has 1 fully saturated rings. The highest BCUT2D eigenvalue weighted by atomic mass is 32.1. The number of guanidine groups is 1. The van der Waals surface area contributed by atoms with Crippen LogP contribution < -0.4 is 15.4 Å². The van der Waals surface area contributed by atoms with Gasteiger partial charge in [-0.3, -0.25) is 4.99 Å². The minimum atomic E-state index is 0.536. The van der Waals surface area contributed by atoms with E-state index in [0.717, 1.165) is 34.4 Å². The molecular weight excluding hydrogens is 372 g/mol. The second-order valence-electron chi connectivity index (χ2n) is 6.76. The molecule has 0 radical (unpaired) electrons. The van der Waals surface area contributed by atoms with E-state index in [-0.39, 0.29) is 0 Å². The lowest BCUT2D eigenvalue weighted by Gasteiger charge is -2.14. The van der Waals surface area contributed by atoms with Gasteiger partial charge in [0.05, 0.1) is 23.7 Å². The summed E-state index contributed by atoms with van der Waals surface area (Å²) >= 11 is 1.61. The molecule has 0 bridgehead atoms. The van der Waals surface area contributed by atoms with Crippen LogP contribution in [0.1, 0.15) is 24.1 Å². The smallest absolute Gasteiger partial charge is 0.236 e. The highest BCUT2D eigenvalue weighted by molar-refractivity contribution is 7.13. The third-order valence-electron chi connectivity index (χ3n) is 4.53. The predicted molar refractivity (Wildman–Crippen MR) is 112 cm³/mol. The van der Waals surface area contributed by atoms with Crippen molar-refractivity contribution in [1.29, 1.82) is 0 Å². The van der Waals surface area contributed by atoms with Crippen LogP contribution in [0.15, 0.2) is 57.5 Å². The topological polar surface area (TPSA) is 71.7 Å². The van der Waals surface area contributed by atoms with Crippen molar-refractivity contribution in [2.24, 2.45) is 10.9 Å². The molecule has 0 aliphatic heterocycles. The number of nitrogens with zero attached hydrogens (tertiary/aromatic N) is 2. The molecule has 0 spiro atoms. The van der Waals surface area contributed by atoms with E-state index in [9.17, 15) is 0 Å². The van der Waals surface area contributed by atoms with E-state index in [1.54, 1.807) is 24.6 Å². The van der Waals surface area contributed by atoms with E-state index in [4.69, 9.17) is 9.15 Å². The number of nitrogens with one attached hydrogen (secondary N) is 2. The molecule has 28 heavy (non-hydrogen) atoms. The third kappa shape index (κ3) is 4.92. The van der Waals surface area contributed by atoms with Crippen molar-refractivity contribution in [3.8, 4) is 16.5 Å². The first-order valence-corrected chi connectivity index (χ1v) is 10.3. The van der Waals surface area contributed by atoms with Gasteiger partial charge in [-0.2, -0.15) is 0 Å². The van der Waals surface area contributed by atoms with Crippen molar-refractivity contribution in [1.82, 2.24) is 15.6 Å². The number of benzene rings is 1. The molecule has 3 aromatic rings. The molecule has 6 nitrogen and oxygen atoms in total. The van der Waals surface area contributed by atoms with Crippen LogP contribution in [0.3, 0.4) is 0 Å². The van der Waals surface area contributed by atoms with Crippen molar-refractivity contribution in [2.45, 2.75) is 25.9 Å². The van der Waals surface area contributed by atoms with E-state index in [1.807, 2.05) is 35.7 Å². The standard InChI is InChI=1S/C21H24N4O2S/c1-22-21(24-12-17-14-27-20(25-17)19-7-4-10-28-19)23-11-16-5-2-3-6-18(16)26-13-15-8-9-15/h2-7,10,14-15H,8-9,11-13H2,1H3,(H2,22,23,24). The molecule has 2 N–H and O–H groups in total. The van der Waals surface area contributed by atoms with Gasteiger partial charge in [-0.15, -0.1) is 11.3 Å². The van der Waals surface area contributed by atoms with Gasteiger partial charge in [-0.1, -0.05) is 24.3 Å². The molecule has 1 saturated carbocycles. The summed E-state index contributed by atoms with van der Waals surface area (Å²) in [5.74, 6) is 3.03. The van der Waals surface area contributed by atoms with Crippen LogP contribution in [0, 0.1) is 5.92 Å². The molecule has 4 rings (SSSR count). The molecule has 1 aliphatic carbocycles. The third-order valence-corrected chi connectivity index (χ3v) is 5.39. The number of para-hydroxylation sites is 1. The summed E-state index contributed by atoms with van der Waals surface area (Å²) in [5.41, 5.74) is 1.95. The van der Waals surface area contributed by atoms with Gasteiger partial charge in [0.2, 0.25) is 5.89 Å². The molecular formula is C21H24N4O2S. The zero-order valence-corrected chi connectivity index (χ0v) is 16.7. The first-order valence-electron chi connectivity index (χ1n) is 9.45. The van der Waals surface area contributed by atoms with Gasteiger partial charge in [0, 0.05) is 19.2 Å². The number of rotatable bonds is 8. The van der Waals surface area contributed by atoms with E-state index in [1.165, 1.54) is 12.8 Å². The molecule has 0 atom stereocenters. The average Bonchev–Trinajstić information content (AvgIpc) is 3.18. The highest BCUT2D eigenvalue weighted by Gasteiger charge is 2.22. The summed E-state index contributed by atoms with van der Waals surface area (Å²) in [5, 5.41) is 8.62. The number of hydrogen-bond acceptors (Lipinski definition) is 5. The fraction of sp³-hybridized carbons (Fsp3) is 0.333. The van der Waals surface area contributed by atoms with Gasteiger partial charge in [-0.05, 0) is 36.3 Å². The van der Waals surface area contributed by atoms with Gasteiger partial charge in [0.25, 0.3) is 0 Å². The Hall–Kier alpha value is -2.80. The van der Waals surface area contributed by atoms with E-state index >= 15 is 0 Å². The lowest BCUT2D eigenvalue weighted by atomic mass is 10.2. The van der Waals surface area contributed by atoms with Crippen molar-refractivity contribution >= 4 is 17.3 Å². The quantitative estimate of drug-likeness (QED) is 0.444. The van der Waals surface area contributed by atoms with Crippen LogP contribution >= 0.6 is 11.3 Å². The zero-order valence-electron chi connectivity index (χ0n) is 15.9. The predicted octanol–water partition coefficient (Wildman–Crippen LogP) is 4.06. The SMILES string of the molecule is CN=C(NCc1coc(-c2cccs2)n1)NCc1ccccc1OCC1CC1. The van der Waals surface area contributed by atoms with Crippen LogP contribution in [0.2, 0.25) is 0 Å². The Morgan fingerprint density at radius 2 is 2.07 bits per heavy atom. The molecule has 7 heteroatoms. The molecule has 146 valence electrons. The summed E-state index contributed by atoms with van der Waals surface area (Å²) in [6.07, 6.45) is 4.25. The molecule has 0 saturated heterocycles. The summed E-state index contributed by atoms with van der Waals surface area (Å²) in [7, 11) is 1.75. The number of oxazole rings is 1. The van der Waals surface area contributed by atoms with Crippen LogP contribution in [-0.4, -0.2) is 24.6 Å². The Kier molecular flexibility index (Phi) is 5.92. The van der Waals surface area contributed by atoms with E-state index in [2.05, 4.69) is 26.7 Å². The molecule has 2 heterocycles. The number of aromatic nitrogens is 1. The number of ether oxygens (including phenoxy) is 1. The average molecular weight is 397 g/mol. The summed E-state index contributed by atoms with van der Waals surface area (Å²) in [6.45, 7) is 1.98. The minimum absolute atomic E-state index is 0.536. The Morgan fingerprint density at radius 1 is 1.21 bits per heavy atom. The van der Waals surface area contributed by atoms with Crippen LogP contribution in [0.25, 0.3) is 10.8 Å². The van der Waals surface area contributed by atoms with E-state index in [0.29, 0.717) is 24.9 Å². The van der Waals surface area contributed by atoms with Crippen LogP contribution in [0.5, 0.6) is 5.75 Å². The molecule has 1 aliphatic rings. The maximum atomic E-state index is 5.97. The Labute approximate surface area is 168 Å². The Bertz CT molecular complexity index is 916. The van der Waals surface area contributed by atoms with Gasteiger partial charge < -0.3 is 19.8 Å². The monoisotopic (exact) mass is 396 g/mol. The van der Waals surface area contributed by atoms with Crippen molar-refractivity contribution in [2.75, 3.05) is 13.7 Å². The summed E-state index contributed by atoms with van der Waals surface area (Å²) in [6, 6.07) is 12.1. The van der Waals surface area contributed by atoms with Gasteiger partial charge in [0.1, 0.15) is 12.0 Å². The highest BCUT2D eigenvalue weighted by Crippen LogP contribution is 2.30. The zero-order chi connectivity index (χ0) is 19.2. The van der Waals surface area contributed by atoms with Gasteiger partial charge in [-0.25, -0.2) is 4.98 Å². The van der Waals surface area contributed by atoms with Crippen LogP contribution in [-0.2, 0) is 13.1 Å². The number of aliphatic imine (C=N–C) groups is 1. The summed E-state index contributed by atoms with van der Waals surface area (Å²) < 4.78 is 11.5. The van der Waals surface area contributed by atoms with Crippen molar-refractivity contribution in [3.63, 3.8) is 0 Å². The van der Waals surface area contributed by atoms with Gasteiger partial charge in [0.15, 0.2) is 5.96 Å². The molecule has 0 amide bonds. The Morgan fingerprint density at radius 3 is 2.86 bits per heavy atom. The van der Waals surface area contributed by atoms with Crippen LogP contribution in [0.4, 0.5) is 0 Å². The summed E-state index contributed by atoms with van der Waals surface area (Å²) in [4.78, 5) is 9.83.